The minimum atomic E-state index is 1.19. The molecule has 1 aromatic rings. The molecule has 0 aromatic carbocycles. The minimum absolute atomic E-state index is 1.19. The Morgan fingerprint density at radius 3 is 2.83 bits per heavy atom. The van der Waals surface area contributed by atoms with Crippen LogP contribution >= 0.6 is 11.3 Å². The van der Waals surface area contributed by atoms with Gasteiger partial charge in [0.25, 0.3) is 0 Å². The lowest BCUT2D eigenvalue weighted by molar-refractivity contribution is 0.340. The van der Waals surface area contributed by atoms with Crippen LogP contribution in [-0.4, -0.2) is 25.0 Å². The molecule has 1 nitrogen and oxygen atoms in total. The molecule has 0 saturated heterocycles. The first-order valence-electron chi connectivity index (χ1n) is 4.54. The average Bonchev–Trinajstić information content (AvgIpc) is 2.53. The van der Waals surface area contributed by atoms with E-state index in [1.54, 1.807) is 0 Å². The quantitative estimate of drug-likeness (QED) is 0.678. The fraction of sp³-hybridized carbons (Fsp3) is 0.600. The van der Waals surface area contributed by atoms with Crippen LogP contribution in [0.2, 0.25) is 0 Å². The Morgan fingerprint density at radius 1 is 1.42 bits per heavy atom. The number of rotatable bonds is 5. The molecule has 0 fully saturated rings. The molecular formula is C10H17NS. The van der Waals surface area contributed by atoms with Gasteiger partial charge >= 0.3 is 0 Å². The van der Waals surface area contributed by atoms with E-state index >= 15 is 0 Å². The summed E-state index contributed by atoms with van der Waals surface area (Å²) in [6.45, 7) is 4.63. The van der Waals surface area contributed by atoms with E-state index in [1.165, 1.54) is 30.8 Å². The van der Waals surface area contributed by atoms with E-state index in [1.807, 2.05) is 11.3 Å². The van der Waals surface area contributed by atoms with Crippen molar-refractivity contribution in [2.75, 3.05) is 20.1 Å². The van der Waals surface area contributed by atoms with Crippen molar-refractivity contribution in [2.45, 2.75) is 19.8 Å². The number of thiophene rings is 1. The first-order valence-corrected chi connectivity index (χ1v) is 5.42. The Balaban J connectivity index is 2.17. The number of nitrogens with zero attached hydrogens (tertiary/aromatic N) is 1. The third kappa shape index (κ3) is 3.37. The predicted octanol–water partition coefficient (Wildman–Crippen LogP) is 2.63. The van der Waals surface area contributed by atoms with E-state index in [4.69, 9.17) is 0 Å². The van der Waals surface area contributed by atoms with Gasteiger partial charge in [0.05, 0.1) is 0 Å². The van der Waals surface area contributed by atoms with Crippen LogP contribution in [0, 0.1) is 0 Å². The lowest BCUT2D eigenvalue weighted by Gasteiger charge is -2.13. The molecule has 1 heterocycles. The Bertz CT molecular complexity index is 194. The summed E-state index contributed by atoms with van der Waals surface area (Å²) in [5.74, 6) is 0. The normalized spacial score (nSPS) is 10.9. The summed E-state index contributed by atoms with van der Waals surface area (Å²) in [5, 5.41) is 2.15. The third-order valence-electron chi connectivity index (χ3n) is 1.93. The molecular weight excluding hydrogens is 166 g/mol. The Labute approximate surface area is 79.0 Å². The van der Waals surface area contributed by atoms with Gasteiger partial charge in [-0.1, -0.05) is 13.0 Å². The van der Waals surface area contributed by atoms with E-state index in [9.17, 15) is 0 Å². The van der Waals surface area contributed by atoms with Gasteiger partial charge in [-0.2, -0.15) is 0 Å². The van der Waals surface area contributed by atoms with Crippen molar-refractivity contribution in [1.82, 2.24) is 4.90 Å². The van der Waals surface area contributed by atoms with Gasteiger partial charge in [0.2, 0.25) is 0 Å². The second-order valence-electron chi connectivity index (χ2n) is 3.13. The third-order valence-corrected chi connectivity index (χ3v) is 2.86. The standard InChI is InChI=1S/C10H17NS/c1-3-7-11(2)8-6-10-5-4-9-12-10/h4-5,9H,3,6-8H2,1-2H3. The SMILES string of the molecule is CCCN(C)CCc1cccs1. The van der Waals surface area contributed by atoms with Crippen molar-refractivity contribution in [3.63, 3.8) is 0 Å². The van der Waals surface area contributed by atoms with Gasteiger partial charge in [-0.25, -0.2) is 0 Å². The molecule has 12 heavy (non-hydrogen) atoms. The van der Waals surface area contributed by atoms with Crippen molar-refractivity contribution in [3.8, 4) is 0 Å². The molecule has 0 radical (unpaired) electrons. The molecule has 0 aliphatic heterocycles. The second-order valence-corrected chi connectivity index (χ2v) is 4.16. The second kappa shape index (κ2) is 5.33. The molecule has 0 atom stereocenters. The minimum Gasteiger partial charge on any atom is -0.306 e. The molecule has 0 bridgehead atoms. The molecule has 0 aliphatic carbocycles. The van der Waals surface area contributed by atoms with E-state index < -0.39 is 0 Å². The molecule has 2 heteroatoms. The van der Waals surface area contributed by atoms with Crippen LogP contribution in [0.4, 0.5) is 0 Å². The summed E-state index contributed by atoms with van der Waals surface area (Å²) in [4.78, 5) is 3.89. The smallest absolute Gasteiger partial charge is 0.00579 e. The molecule has 0 saturated carbocycles. The first kappa shape index (κ1) is 9.75. The van der Waals surface area contributed by atoms with Gasteiger partial charge in [0.1, 0.15) is 0 Å². The molecule has 0 spiro atoms. The molecule has 0 aliphatic rings. The first-order chi connectivity index (χ1) is 5.83. The Hall–Kier alpha value is -0.340. The summed E-state index contributed by atoms with van der Waals surface area (Å²) in [5.41, 5.74) is 0. The summed E-state index contributed by atoms with van der Waals surface area (Å²) in [6, 6.07) is 4.34. The van der Waals surface area contributed by atoms with Crippen molar-refractivity contribution in [3.05, 3.63) is 22.4 Å². The van der Waals surface area contributed by atoms with Crippen LogP contribution in [-0.2, 0) is 6.42 Å². The van der Waals surface area contributed by atoms with Gasteiger partial charge < -0.3 is 4.90 Å². The number of hydrogen-bond acceptors (Lipinski definition) is 2. The highest BCUT2D eigenvalue weighted by molar-refractivity contribution is 7.09. The highest BCUT2D eigenvalue weighted by Crippen LogP contribution is 2.09. The molecule has 0 N–H and O–H groups in total. The van der Waals surface area contributed by atoms with Crippen molar-refractivity contribution >= 4 is 11.3 Å². The largest absolute Gasteiger partial charge is 0.306 e. The summed E-state index contributed by atoms with van der Waals surface area (Å²) >= 11 is 1.86. The van der Waals surface area contributed by atoms with Gasteiger partial charge in [-0.3, -0.25) is 0 Å². The van der Waals surface area contributed by atoms with Gasteiger partial charge in [0.15, 0.2) is 0 Å². The van der Waals surface area contributed by atoms with Crippen LogP contribution in [0.15, 0.2) is 17.5 Å². The van der Waals surface area contributed by atoms with Gasteiger partial charge in [-0.05, 0) is 37.9 Å². The van der Waals surface area contributed by atoms with Crippen LogP contribution in [0.3, 0.4) is 0 Å². The van der Waals surface area contributed by atoms with Crippen molar-refractivity contribution in [2.24, 2.45) is 0 Å². The highest BCUT2D eigenvalue weighted by atomic mass is 32.1. The summed E-state index contributed by atoms with van der Waals surface area (Å²) in [6.07, 6.45) is 2.45. The topological polar surface area (TPSA) is 3.24 Å². The fourth-order valence-corrected chi connectivity index (χ4v) is 1.95. The highest BCUT2D eigenvalue weighted by Gasteiger charge is 1.97. The molecule has 68 valence electrons. The molecule has 0 amide bonds. The molecule has 0 unspecified atom stereocenters. The van der Waals surface area contributed by atoms with Gasteiger partial charge in [0, 0.05) is 11.4 Å². The van der Waals surface area contributed by atoms with Gasteiger partial charge in [-0.15, -0.1) is 11.3 Å². The maximum atomic E-state index is 2.39. The van der Waals surface area contributed by atoms with E-state index in [-0.39, 0.29) is 0 Å². The van der Waals surface area contributed by atoms with Crippen LogP contribution < -0.4 is 0 Å². The van der Waals surface area contributed by atoms with Crippen LogP contribution in [0.25, 0.3) is 0 Å². The summed E-state index contributed by atoms with van der Waals surface area (Å²) < 4.78 is 0. The summed E-state index contributed by atoms with van der Waals surface area (Å²) in [7, 11) is 2.19. The van der Waals surface area contributed by atoms with Crippen LogP contribution in [0.1, 0.15) is 18.2 Å². The van der Waals surface area contributed by atoms with Crippen LogP contribution in [0.5, 0.6) is 0 Å². The average molecular weight is 183 g/mol. The zero-order chi connectivity index (χ0) is 8.81. The van der Waals surface area contributed by atoms with E-state index in [2.05, 4.69) is 36.4 Å². The lowest BCUT2D eigenvalue weighted by atomic mass is 10.3. The monoisotopic (exact) mass is 183 g/mol. The van der Waals surface area contributed by atoms with E-state index in [0.717, 1.165) is 0 Å². The maximum absolute atomic E-state index is 2.39. The maximum Gasteiger partial charge on any atom is 0.00579 e. The Kier molecular flexibility index (Phi) is 4.33. The zero-order valence-corrected chi connectivity index (χ0v) is 8.73. The Morgan fingerprint density at radius 2 is 2.25 bits per heavy atom. The fourth-order valence-electron chi connectivity index (χ4n) is 1.25. The zero-order valence-electron chi connectivity index (χ0n) is 7.92. The molecule has 1 rings (SSSR count). The van der Waals surface area contributed by atoms with Crippen molar-refractivity contribution in [1.29, 1.82) is 0 Å². The molecule has 1 aromatic heterocycles. The number of hydrogen-bond donors (Lipinski definition) is 0. The number of likely N-dealkylation sites (N-methyl/N-ethyl adjacent to an activating group) is 1. The lowest BCUT2D eigenvalue weighted by Crippen LogP contribution is -2.21. The van der Waals surface area contributed by atoms with Crippen molar-refractivity contribution < 1.29 is 0 Å². The predicted molar refractivity (Wildman–Crippen MR) is 55.8 cm³/mol. The van der Waals surface area contributed by atoms with E-state index in [0.29, 0.717) is 0 Å².